The fourth-order valence-corrected chi connectivity index (χ4v) is 21.5. The van der Waals surface area contributed by atoms with Crippen molar-refractivity contribution in [3.05, 3.63) is 249 Å². The number of halogens is 11. The number of aliphatic imine (C=N–C) groups is 4. The molecule has 4 aromatic carbocycles. The second-order valence-electron chi connectivity index (χ2n) is 33.2. The van der Waals surface area contributed by atoms with E-state index >= 15 is 0 Å². The molecule has 9 atom stereocenters. The number of morpholine rings is 2. The van der Waals surface area contributed by atoms with E-state index in [0.717, 1.165) is 71.9 Å². The van der Waals surface area contributed by atoms with Gasteiger partial charge in [0, 0.05) is 150 Å². The second-order valence-corrected chi connectivity index (χ2v) is 39.4. The summed E-state index contributed by atoms with van der Waals surface area (Å²) in [7, 11) is 4.86. The normalized spacial score (nSPS) is 22.2. The first-order valence-corrected chi connectivity index (χ1v) is 49.3. The summed E-state index contributed by atoms with van der Waals surface area (Å²) in [5.41, 5.74) is 2.46. The molecule has 12 heterocycles. The van der Waals surface area contributed by atoms with E-state index < -0.39 is 143 Å². The number of esters is 4. The SMILES string of the molecule is COC(=O)C1=C(CN2CC(F)(F)C(C)(C)[C@H]2C(=O)O)NC(c2nccs2)=N[C@H]1c1ccc(F)cc1Cl.COC(=O)C1=C(CN2CCOC[C@H]2C(=O)O)NC(c2nc(C(C)F)cs2)=NC1c1ccc(F)cc1Cl.COC(=O)C1=C(CN2CCOC[C@H]2C(=O)O)NC(c2nc(C3CC3)cs2)=N[C@H]1c1ccc(F)cc1Cl.COC(=O)C1=C(CN2CSCCC2C(=O)O)NC(c2nccs2)=N[C@H]1c1ccc(F)cc1Cl. The molecule has 4 saturated heterocycles. The van der Waals surface area contributed by atoms with Crippen molar-refractivity contribution in [1.82, 2.24) is 60.8 Å². The van der Waals surface area contributed by atoms with Crippen LogP contribution in [0.5, 0.6) is 0 Å². The molecule has 34 nitrogen and oxygen atoms in total. The lowest BCUT2D eigenvalue weighted by Gasteiger charge is -2.35. The van der Waals surface area contributed by atoms with Crippen LogP contribution in [-0.2, 0) is 66.8 Å². The molecule has 1 aliphatic carbocycles. The lowest BCUT2D eigenvalue weighted by Crippen LogP contribution is -2.52. The highest BCUT2D eigenvalue weighted by atomic mass is 35.5. The second kappa shape index (κ2) is 46.0. The molecule has 4 aromatic heterocycles. The number of aliphatic carboxylic acids is 4. The number of likely N-dealkylation sites (tertiary alicyclic amines) is 1. The Morgan fingerprint density at radius 1 is 0.482 bits per heavy atom. The third-order valence-electron chi connectivity index (χ3n) is 23.9. The minimum Gasteiger partial charge on any atom is -0.480 e. The number of hydrogen-bond donors (Lipinski definition) is 8. The molecule has 17 rings (SSSR count). The highest BCUT2D eigenvalue weighted by molar-refractivity contribution is 7.99. The van der Waals surface area contributed by atoms with Crippen LogP contribution in [0.1, 0.15) is 130 Å². The van der Waals surface area contributed by atoms with Gasteiger partial charge in [-0.15, -0.1) is 57.1 Å². The van der Waals surface area contributed by atoms with Gasteiger partial charge >= 0.3 is 47.8 Å². The zero-order valence-electron chi connectivity index (χ0n) is 75.5. The van der Waals surface area contributed by atoms with E-state index in [9.17, 15) is 89.5 Å². The van der Waals surface area contributed by atoms with Crippen LogP contribution >= 0.6 is 104 Å². The molecule has 5 fully saturated rings. The Bertz CT molecular complexity index is 6200. The number of hydrogen-bond acceptors (Lipinski definition) is 35. The third-order valence-corrected chi connectivity index (χ3v) is 29.6. The summed E-state index contributed by atoms with van der Waals surface area (Å²) >= 11 is 32.2. The number of nitrogens with one attached hydrogen (secondary N) is 4. The first kappa shape index (κ1) is 106. The molecule has 8 N–H and O–H groups in total. The molecule has 0 bridgehead atoms. The van der Waals surface area contributed by atoms with Crippen molar-refractivity contribution in [1.29, 1.82) is 0 Å². The van der Waals surface area contributed by atoms with Crippen molar-refractivity contribution in [3.8, 4) is 0 Å². The number of rotatable bonds is 26. The topological polar surface area (TPSA) is 435 Å². The fourth-order valence-electron chi connectivity index (χ4n) is 16.6. The number of carboxylic acid groups (broad SMARTS) is 4. The monoisotopic (exact) mass is 2130 g/mol. The van der Waals surface area contributed by atoms with Gasteiger partial charge in [0.05, 0.1) is 101 Å². The molecule has 748 valence electrons. The highest BCUT2D eigenvalue weighted by Crippen LogP contribution is 2.50. The van der Waals surface area contributed by atoms with E-state index in [4.69, 9.17) is 84.8 Å². The van der Waals surface area contributed by atoms with E-state index in [2.05, 4.69) is 51.2 Å². The Hall–Kier alpha value is -11.2. The number of alkyl halides is 3. The van der Waals surface area contributed by atoms with Crippen LogP contribution in [-0.4, -0.2) is 273 Å². The summed E-state index contributed by atoms with van der Waals surface area (Å²) in [5, 5.41) is 60.6. The third kappa shape index (κ3) is 24.1. The number of thiazole rings is 4. The number of thioether (sulfide) groups is 1. The Morgan fingerprint density at radius 2 is 0.837 bits per heavy atom. The van der Waals surface area contributed by atoms with Gasteiger partial charge in [0.15, 0.2) is 43.4 Å². The van der Waals surface area contributed by atoms with Crippen molar-refractivity contribution in [3.63, 3.8) is 0 Å². The van der Waals surface area contributed by atoms with Crippen molar-refractivity contribution in [2.45, 2.75) is 106 Å². The van der Waals surface area contributed by atoms with Gasteiger partial charge in [-0.25, -0.2) is 69.8 Å². The molecular formula is C91H89Cl4F7N16O18S5. The Labute approximate surface area is 840 Å². The summed E-state index contributed by atoms with van der Waals surface area (Å²) in [5.74, 6) is -9.80. The standard InChI is InChI=1S/C24H24ClFN4O5S.C23H22ClF3N4O4S.C23H23ClF2N4O5S.C21H20ClFN4O4S2/c1-34-24(33)19-16(9-30-6-7-35-10-18(30)23(31)32)27-21(22-28-17(11-36-22)12-2-3-12)29-20(19)14-5-4-13(26)8-15(14)25;1-22(2)17(20(32)33)31(10-23(22,26)27)9-14-15(21(34)35-3)16(12-5-4-11(25)8-13(12)24)30-18(29-14)19-28-6-7-36-19;1-11(25)16-10-36-21(28-16)20-27-15(8-30-5-6-35-9-17(30)22(31)32)18(23(33)34-2)19(29-20)13-4-3-12(26)7-14(13)24;1-31-21(30)16-14(9-27-10-32-6-4-15(27)20(28)29)25-18(19-24-5-7-33-19)26-17(16)12-3-2-11(23)8-13(12)22/h4-5,8,11-12,18,20H,2-3,6-7,9-10H2,1H3,(H,27,29)(H,31,32);4-8,16-17H,9-10H2,1-3H3,(H,29,30)(H,32,33);3-4,7,10-11,17,19H,5-6,8-9H2,1-2H3,(H,27,29)(H,31,32);2-3,5,7-8,15,17H,4,6,9-10H2,1H3,(H,25,26)(H,28,29)/t18-,20-;16-,17+;11?,17-,19?;15?,17-/m0000/s1. The van der Waals surface area contributed by atoms with Gasteiger partial charge < -0.3 is 70.1 Å². The fraction of sp³-hybridized carbons (Fsp3) is 0.385. The number of methoxy groups -OCH3 is 4. The van der Waals surface area contributed by atoms with Crippen LogP contribution < -0.4 is 21.3 Å². The molecule has 141 heavy (non-hydrogen) atoms. The summed E-state index contributed by atoms with van der Waals surface area (Å²) in [6.07, 6.45) is 4.55. The summed E-state index contributed by atoms with van der Waals surface area (Å²) < 4.78 is 130. The number of carbonyl (C=O) groups excluding carboxylic acids is 4. The number of benzene rings is 4. The molecule has 0 spiro atoms. The highest BCUT2D eigenvalue weighted by Gasteiger charge is 2.63. The van der Waals surface area contributed by atoms with Crippen LogP contribution in [0.25, 0.3) is 0 Å². The average molecular weight is 2130 g/mol. The van der Waals surface area contributed by atoms with Gasteiger partial charge in [0.2, 0.25) is 0 Å². The van der Waals surface area contributed by atoms with E-state index in [-0.39, 0.29) is 110 Å². The van der Waals surface area contributed by atoms with Crippen LogP contribution in [0.3, 0.4) is 0 Å². The summed E-state index contributed by atoms with van der Waals surface area (Å²) in [6.45, 7) is 4.13. The number of amidine groups is 4. The Morgan fingerprint density at radius 3 is 1.16 bits per heavy atom. The largest absolute Gasteiger partial charge is 0.480 e. The molecule has 50 heteroatoms. The van der Waals surface area contributed by atoms with Crippen LogP contribution in [0.15, 0.2) is 172 Å². The maximum Gasteiger partial charge on any atom is 0.338 e. The number of carbonyl (C=O) groups is 8. The maximum absolute atomic E-state index is 14.9. The van der Waals surface area contributed by atoms with E-state index in [0.29, 0.717) is 110 Å². The Kier molecular flexibility index (Phi) is 34.5. The van der Waals surface area contributed by atoms with Crippen molar-refractivity contribution < 1.29 is 118 Å². The van der Waals surface area contributed by atoms with Crippen LogP contribution in [0, 0.1) is 28.7 Å². The van der Waals surface area contributed by atoms with E-state index in [1.54, 1.807) is 48.8 Å². The molecule has 9 aliphatic rings. The van der Waals surface area contributed by atoms with E-state index in [1.165, 1.54) is 131 Å². The molecular weight excluding hydrogens is 2040 g/mol. The van der Waals surface area contributed by atoms with Crippen LogP contribution in [0.2, 0.25) is 20.1 Å². The number of carboxylic acids is 4. The van der Waals surface area contributed by atoms with Gasteiger partial charge in [0.1, 0.15) is 77.8 Å². The molecule has 3 unspecified atom stereocenters. The minimum absolute atomic E-state index is 0.0108. The van der Waals surface area contributed by atoms with Gasteiger partial charge in [-0.3, -0.25) is 58.7 Å². The molecule has 8 aromatic rings. The number of aromatic nitrogens is 4. The van der Waals surface area contributed by atoms with Crippen molar-refractivity contribution in [2.24, 2.45) is 25.4 Å². The maximum atomic E-state index is 14.9. The van der Waals surface area contributed by atoms with Crippen molar-refractivity contribution in [2.75, 3.05) is 112 Å². The van der Waals surface area contributed by atoms with Crippen LogP contribution in [0.4, 0.5) is 30.7 Å². The first-order chi connectivity index (χ1) is 67.3. The van der Waals surface area contributed by atoms with Gasteiger partial charge in [-0.1, -0.05) is 84.5 Å². The van der Waals surface area contributed by atoms with E-state index in [1.807, 2.05) is 5.38 Å². The lowest BCUT2D eigenvalue weighted by molar-refractivity contribution is -0.150. The quantitative estimate of drug-likeness (QED) is 0.0142. The zero-order chi connectivity index (χ0) is 101. The first-order valence-electron chi connectivity index (χ1n) is 43.1. The van der Waals surface area contributed by atoms with Gasteiger partial charge in [0.25, 0.3) is 5.92 Å². The summed E-state index contributed by atoms with van der Waals surface area (Å²) in [6, 6.07) is 7.13. The Balaban J connectivity index is 0.000000150. The smallest absolute Gasteiger partial charge is 0.338 e. The molecule has 1 saturated carbocycles. The van der Waals surface area contributed by atoms with Gasteiger partial charge in [-0.2, -0.15) is 0 Å². The predicted octanol–water partition coefficient (Wildman–Crippen LogP) is 13.6. The number of nitrogens with zero attached hydrogens (tertiary/aromatic N) is 12. The molecule has 0 radical (unpaired) electrons. The minimum atomic E-state index is -3.32. The summed E-state index contributed by atoms with van der Waals surface area (Å²) in [4.78, 5) is 142. The van der Waals surface area contributed by atoms with Gasteiger partial charge in [-0.05, 0) is 80.5 Å². The number of ether oxygens (including phenoxy) is 6. The van der Waals surface area contributed by atoms with Crippen molar-refractivity contribution >= 4 is 175 Å². The molecule has 0 amide bonds. The zero-order valence-corrected chi connectivity index (χ0v) is 82.7. The lowest BCUT2D eigenvalue weighted by atomic mass is 9.82. The molecule has 8 aliphatic heterocycles. The average Bonchev–Trinajstić information content (AvgIpc) is 1.57. The predicted molar refractivity (Wildman–Crippen MR) is 511 cm³/mol.